The van der Waals surface area contributed by atoms with Crippen LogP contribution in [0.1, 0.15) is 31.4 Å². The van der Waals surface area contributed by atoms with Crippen LogP contribution in [0.25, 0.3) is 16.8 Å². The van der Waals surface area contributed by atoms with Crippen molar-refractivity contribution in [1.82, 2.24) is 9.88 Å². The van der Waals surface area contributed by atoms with E-state index in [1.54, 1.807) is 5.57 Å². The van der Waals surface area contributed by atoms with E-state index in [2.05, 4.69) is 62.9 Å². The highest BCUT2D eigenvalue weighted by molar-refractivity contribution is 7.21. The SMILES string of the molecule is CC(=P)C1CN(CC2=C(C)c3ccc(-c4ccccn4)cc3CC2)C1. The Hall–Kier alpha value is -1.76. The molecule has 1 aliphatic heterocycles. The molecule has 0 radical (unpaired) electrons. The molecule has 0 bridgehead atoms. The highest BCUT2D eigenvalue weighted by Crippen LogP contribution is 2.34. The molecule has 128 valence electrons. The van der Waals surface area contributed by atoms with E-state index in [0.717, 1.165) is 24.6 Å². The zero-order valence-electron chi connectivity index (χ0n) is 15.0. The second-order valence-electron chi connectivity index (χ2n) is 7.39. The number of likely N-dealkylation sites (tertiary alicyclic amines) is 1. The van der Waals surface area contributed by atoms with E-state index in [1.807, 2.05) is 12.3 Å². The summed E-state index contributed by atoms with van der Waals surface area (Å²) in [6, 6.07) is 13.0. The molecule has 2 aromatic rings. The smallest absolute Gasteiger partial charge is 0.0702 e. The molecule has 2 heterocycles. The molecule has 0 atom stereocenters. The van der Waals surface area contributed by atoms with Crippen molar-refractivity contribution in [1.29, 1.82) is 0 Å². The minimum Gasteiger partial charge on any atom is -0.298 e. The van der Waals surface area contributed by atoms with Gasteiger partial charge in [0.05, 0.1) is 5.69 Å². The number of allylic oxidation sites excluding steroid dienone is 1. The third-order valence-electron chi connectivity index (χ3n) is 5.68. The summed E-state index contributed by atoms with van der Waals surface area (Å²) < 4.78 is 0. The van der Waals surface area contributed by atoms with Gasteiger partial charge in [0.1, 0.15) is 0 Å². The Balaban J connectivity index is 1.53. The van der Waals surface area contributed by atoms with Crippen LogP contribution in [0.2, 0.25) is 0 Å². The number of aromatic nitrogens is 1. The van der Waals surface area contributed by atoms with Crippen LogP contribution >= 0.6 is 8.86 Å². The van der Waals surface area contributed by atoms with Crippen LogP contribution in [0.15, 0.2) is 48.2 Å². The summed E-state index contributed by atoms with van der Waals surface area (Å²) >= 11 is 0. The van der Waals surface area contributed by atoms with Crippen LogP contribution < -0.4 is 0 Å². The number of rotatable bonds is 4. The molecule has 3 heteroatoms. The van der Waals surface area contributed by atoms with Crippen molar-refractivity contribution in [3.63, 3.8) is 0 Å². The number of hydrogen-bond donors (Lipinski definition) is 0. The third kappa shape index (κ3) is 3.34. The lowest BCUT2D eigenvalue weighted by atomic mass is 9.84. The summed E-state index contributed by atoms with van der Waals surface area (Å²) in [4.78, 5) is 7.06. The Kier molecular flexibility index (Phi) is 4.58. The monoisotopic (exact) mass is 348 g/mol. The van der Waals surface area contributed by atoms with Gasteiger partial charge in [-0.25, -0.2) is 0 Å². The van der Waals surface area contributed by atoms with Crippen LogP contribution in [-0.4, -0.2) is 34.8 Å². The van der Waals surface area contributed by atoms with Crippen LogP contribution in [0.4, 0.5) is 0 Å². The molecule has 1 aromatic carbocycles. The predicted molar refractivity (Wildman–Crippen MR) is 110 cm³/mol. The number of benzene rings is 1. The van der Waals surface area contributed by atoms with E-state index in [1.165, 1.54) is 47.1 Å². The fraction of sp³-hybridized carbons (Fsp3) is 0.364. The lowest BCUT2D eigenvalue weighted by molar-refractivity contribution is 0.156. The molecule has 0 spiro atoms. The summed E-state index contributed by atoms with van der Waals surface area (Å²) in [5.41, 5.74) is 8.28. The van der Waals surface area contributed by atoms with Crippen molar-refractivity contribution in [2.45, 2.75) is 26.7 Å². The molecule has 1 aliphatic carbocycles. The standard InChI is InChI=1S/C22H25N2P/c1-15-19(12-24-13-20(14-24)16(2)25)7-6-17-11-18(8-9-21(15)17)22-5-3-4-10-23-22/h3-5,8-11,20,25H,6-7,12-14H2,1-2H3. The van der Waals surface area contributed by atoms with Gasteiger partial charge in [-0.1, -0.05) is 23.8 Å². The van der Waals surface area contributed by atoms with Crippen molar-refractivity contribution in [3.05, 3.63) is 59.3 Å². The van der Waals surface area contributed by atoms with E-state index in [4.69, 9.17) is 0 Å². The number of hydrogen-bond acceptors (Lipinski definition) is 2. The molecule has 1 aromatic heterocycles. The van der Waals surface area contributed by atoms with Gasteiger partial charge in [0.2, 0.25) is 0 Å². The Morgan fingerprint density at radius 3 is 2.76 bits per heavy atom. The topological polar surface area (TPSA) is 16.1 Å². The maximum absolute atomic E-state index is 4.49. The Labute approximate surface area is 152 Å². The maximum Gasteiger partial charge on any atom is 0.0702 e. The van der Waals surface area contributed by atoms with Gasteiger partial charge >= 0.3 is 0 Å². The number of pyridine rings is 1. The van der Waals surface area contributed by atoms with Crippen molar-refractivity contribution >= 4 is 19.7 Å². The quantitative estimate of drug-likeness (QED) is 0.742. The highest BCUT2D eigenvalue weighted by atomic mass is 31.0. The predicted octanol–water partition coefficient (Wildman–Crippen LogP) is 4.74. The molecule has 0 unspecified atom stereocenters. The molecule has 0 amide bonds. The largest absolute Gasteiger partial charge is 0.298 e. The van der Waals surface area contributed by atoms with Crippen molar-refractivity contribution < 1.29 is 0 Å². The molecular formula is C22H25N2P. The average Bonchev–Trinajstić information content (AvgIpc) is 2.59. The van der Waals surface area contributed by atoms with Gasteiger partial charge in [-0.15, -0.1) is 8.86 Å². The minimum atomic E-state index is 0.731. The molecule has 0 N–H and O–H groups in total. The first-order valence-corrected chi connectivity index (χ1v) is 9.62. The Morgan fingerprint density at radius 2 is 2.04 bits per heavy atom. The van der Waals surface area contributed by atoms with Gasteiger partial charge in [0.25, 0.3) is 0 Å². The highest BCUT2D eigenvalue weighted by Gasteiger charge is 2.29. The summed E-state index contributed by atoms with van der Waals surface area (Å²) in [6.07, 6.45) is 4.19. The molecule has 4 rings (SSSR count). The number of aryl methyl sites for hydroxylation is 1. The molecule has 1 fully saturated rings. The fourth-order valence-corrected chi connectivity index (χ4v) is 4.15. The Bertz CT molecular complexity index is 832. The fourth-order valence-electron chi connectivity index (χ4n) is 3.96. The first-order valence-electron chi connectivity index (χ1n) is 9.12. The minimum absolute atomic E-state index is 0.731. The van der Waals surface area contributed by atoms with E-state index < -0.39 is 0 Å². The van der Waals surface area contributed by atoms with Crippen LogP contribution in [-0.2, 0) is 6.42 Å². The van der Waals surface area contributed by atoms with E-state index >= 15 is 0 Å². The summed E-state index contributed by atoms with van der Waals surface area (Å²) in [6.45, 7) is 7.99. The van der Waals surface area contributed by atoms with Crippen LogP contribution in [0, 0.1) is 5.92 Å². The molecule has 0 saturated carbocycles. The van der Waals surface area contributed by atoms with Gasteiger partial charge in [-0.05, 0) is 66.9 Å². The van der Waals surface area contributed by atoms with E-state index in [-0.39, 0.29) is 0 Å². The first-order chi connectivity index (χ1) is 12.1. The van der Waals surface area contributed by atoms with Gasteiger partial charge < -0.3 is 0 Å². The molecule has 2 aliphatic rings. The van der Waals surface area contributed by atoms with Crippen molar-refractivity contribution in [2.75, 3.05) is 19.6 Å². The first kappa shape index (κ1) is 16.7. The summed E-state index contributed by atoms with van der Waals surface area (Å²) in [7, 11) is 3.69. The van der Waals surface area contributed by atoms with E-state index in [9.17, 15) is 0 Å². The zero-order valence-corrected chi connectivity index (χ0v) is 16.0. The van der Waals surface area contributed by atoms with E-state index in [0.29, 0.717) is 0 Å². The van der Waals surface area contributed by atoms with Crippen molar-refractivity contribution in [2.24, 2.45) is 5.92 Å². The molecule has 2 nitrogen and oxygen atoms in total. The molecular weight excluding hydrogens is 323 g/mol. The Morgan fingerprint density at radius 1 is 1.20 bits per heavy atom. The van der Waals surface area contributed by atoms with Crippen molar-refractivity contribution in [3.8, 4) is 11.3 Å². The van der Waals surface area contributed by atoms with Crippen LogP contribution in [0.5, 0.6) is 0 Å². The average molecular weight is 348 g/mol. The number of fused-ring (bicyclic) bond motifs is 1. The van der Waals surface area contributed by atoms with Gasteiger partial charge in [0.15, 0.2) is 0 Å². The van der Waals surface area contributed by atoms with Gasteiger partial charge in [-0.3, -0.25) is 9.88 Å². The van der Waals surface area contributed by atoms with Gasteiger partial charge in [-0.2, -0.15) is 0 Å². The maximum atomic E-state index is 4.49. The normalized spacial score (nSPS) is 18.0. The second kappa shape index (κ2) is 6.86. The zero-order chi connectivity index (χ0) is 17.4. The summed E-state index contributed by atoms with van der Waals surface area (Å²) in [5, 5.41) is 1.39. The molecule has 25 heavy (non-hydrogen) atoms. The number of nitrogens with zero attached hydrogens (tertiary/aromatic N) is 2. The second-order valence-corrected chi connectivity index (χ2v) is 8.18. The van der Waals surface area contributed by atoms with Gasteiger partial charge in [0, 0.05) is 37.3 Å². The molecule has 1 saturated heterocycles. The lowest BCUT2D eigenvalue weighted by Gasteiger charge is -2.41. The summed E-state index contributed by atoms with van der Waals surface area (Å²) in [5.74, 6) is 0.731. The van der Waals surface area contributed by atoms with Crippen LogP contribution in [0.3, 0.4) is 0 Å². The lowest BCUT2D eigenvalue weighted by Crippen LogP contribution is -2.49. The third-order valence-corrected chi connectivity index (χ3v) is 6.09.